The summed E-state index contributed by atoms with van der Waals surface area (Å²) >= 11 is 0. The molecule has 2 rings (SSSR count). The maximum Gasteiger partial charge on any atom is 0.516 e. The van der Waals surface area contributed by atoms with Crippen LogP contribution in [0.2, 0.25) is 0 Å². The van der Waals surface area contributed by atoms with Gasteiger partial charge in [0.2, 0.25) is 0 Å². The molecule has 1 aliphatic heterocycles. The number of fused-ring (bicyclic) bond motifs is 1. The topological polar surface area (TPSA) is 80.8 Å². The van der Waals surface area contributed by atoms with Gasteiger partial charge in [0.1, 0.15) is 5.41 Å². The number of hydrogen-bond acceptors (Lipinski definition) is 5. The fourth-order valence-electron chi connectivity index (χ4n) is 3.13. The first-order chi connectivity index (χ1) is 10.9. The van der Waals surface area contributed by atoms with Crippen molar-refractivity contribution in [1.29, 1.82) is 0 Å². The van der Waals surface area contributed by atoms with Crippen LogP contribution in [0.3, 0.4) is 0 Å². The highest BCUT2D eigenvalue weighted by Gasteiger charge is 2.61. The summed E-state index contributed by atoms with van der Waals surface area (Å²) in [6.45, 7) is 3.32. The highest BCUT2D eigenvalue weighted by molar-refractivity contribution is 7.90. The van der Waals surface area contributed by atoms with Crippen molar-refractivity contribution in [3.8, 4) is 0 Å². The molecule has 1 aliphatic carbocycles. The summed E-state index contributed by atoms with van der Waals surface area (Å²) in [5.74, 6) is -2.21. The van der Waals surface area contributed by atoms with E-state index in [0.717, 1.165) is 18.8 Å². The molecule has 0 aromatic rings. The first-order valence-corrected chi connectivity index (χ1v) is 8.40. The second-order valence-corrected chi connectivity index (χ2v) is 7.71. The molecule has 0 bridgehead atoms. The molecule has 0 N–H and O–H groups in total. The smallest absolute Gasteiger partial charge is 0.468 e. The van der Waals surface area contributed by atoms with Crippen LogP contribution in [0.4, 0.5) is 13.2 Å². The molecule has 0 fully saturated rings. The number of sulfonamides is 1. The minimum absolute atomic E-state index is 0.0240. The van der Waals surface area contributed by atoms with E-state index in [-0.39, 0.29) is 17.1 Å². The molecule has 0 aromatic heterocycles. The summed E-state index contributed by atoms with van der Waals surface area (Å²) in [7, 11) is -4.88. The van der Waals surface area contributed by atoms with E-state index < -0.39 is 38.9 Å². The SMILES string of the molecule is COC(=O)[C@]12C=CC(=O)N(S(=O)(=O)C(F)(F)F)[C@H]1CC(C)=C(C)C2. The minimum Gasteiger partial charge on any atom is -0.468 e. The van der Waals surface area contributed by atoms with Gasteiger partial charge in [0.05, 0.1) is 13.2 Å². The number of methoxy groups -OCH3 is 1. The Morgan fingerprint density at radius 3 is 2.42 bits per heavy atom. The van der Waals surface area contributed by atoms with Crippen molar-refractivity contribution in [1.82, 2.24) is 4.31 Å². The van der Waals surface area contributed by atoms with Gasteiger partial charge in [-0.2, -0.15) is 21.6 Å². The molecule has 2 aliphatic rings. The van der Waals surface area contributed by atoms with Gasteiger partial charge in [0.15, 0.2) is 0 Å². The molecule has 0 radical (unpaired) electrons. The second kappa shape index (κ2) is 5.61. The molecule has 2 atom stereocenters. The number of nitrogens with zero attached hydrogens (tertiary/aromatic N) is 1. The van der Waals surface area contributed by atoms with Crippen LogP contribution in [0.5, 0.6) is 0 Å². The van der Waals surface area contributed by atoms with Gasteiger partial charge in [-0.05, 0) is 26.7 Å². The zero-order chi connectivity index (χ0) is 18.5. The Labute approximate surface area is 137 Å². The Balaban J connectivity index is 2.71. The summed E-state index contributed by atoms with van der Waals surface area (Å²) < 4.78 is 67.2. The molecule has 24 heavy (non-hydrogen) atoms. The van der Waals surface area contributed by atoms with E-state index >= 15 is 0 Å². The number of ether oxygens (including phenoxy) is 1. The summed E-state index contributed by atoms with van der Waals surface area (Å²) in [6.07, 6.45) is 1.64. The van der Waals surface area contributed by atoms with Crippen molar-refractivity contribution in [2.45, 2.75) is 38.2 Å². The maximum atomic E-state index is 13.0. The lowest BCUT2D eigenvalue weighted by atomic mass is 9.67. The number of amides is 1. The highest BCUT2D eigenvalue weighted by atomic mass is 32.2. The average molecular weight is 367 g/mol. The zero-order valence-corrected chi connectivity index (χ0v) is 14.0. The van der Waals surface area contributed by atoms with Gasteiger partial charge >= 0.3 is 21.5 Å². The number of halogens is 3. The number of esters is 1. The molecule has 0 aromatic carbocycles. The quantitative estimate of drug-likeness (QED) is 0.550. The predicted molar refractivity (Wildman–Crippen MR) is 76.8 cm³/mol. The number of rotatable bonds is 2. The largest absolute Gasteiger partial charge is 0.516 e. The van der Waals surface area contributed by atoms with Crippen LogP contribution in [0.1, 0.15) is 26.7 Å². The number of alkyl halides is 3. The number of carbonyl (C=O) groups excluding carboxylic acids is 2. The summed E-state index contributed by atoms with van der Waals surface area (Å²) in [6, 6.07) is -1.52. The summed E-state index contributed by atoms with van der Waals surface area (Å²) in [5, 5.41) is 0. The molecule has 0 unspecified atom stereocenters. The van der Waals surface area contributed by atoms with Crippen LogP contribution in [0.15, 0.2) is 23.3 Å². The predicted octanol–water partition coefficient (Wildman–Crippen LogP) is 1.89. The van der Waals surface area contributed by atoms with Crippen LogP contribution < -0.4 is 0 Å². The van der Waals surface area contributed by atoms with Gasteiger partial charge in [-0.15, -0.1) is 0 Å². The summed E-state index contributed by atoms with van der Waals surface area (Å²) in [4.78, 5) is 24.3. The molecule has 0 saturated heterocycles. The van der Waals surface area contributed by atoms with E-state index in [1.165, 1.54) is 0 Å². The monoisotopic (exact) mass is 367 g/mol. The van der Waals surface area contributed by atoms with Gasteiger partial charge in [0, 0.05) is 6.08 Å². The van der Waals surface area contributed by atoms with E-state index in [1.54, 1.807) is 13.8 Å². The van der Waals surface area contributed by atoms with E-state index in [9.17, 15) is 31.2 Å². The lowest BCUT2D eigenvalue weighted by Gasteiger charge is -2.47. The van der Waals surface area contributed by atoms with Gasteiger partial charge in [0.25, 0.3) is 5.91 Å². The number of hydrogen-bond donors (Lipinski definition) is 0. The normalized spacial score (nSPS) is 28.0. The van der Waals surface area contributed by atoms with Gasteiger partial charge in [-0.25, -0.2) is 4.31 Å². The van der Waals surface area contributed by atoms with E-state index in [1.807, 2.05) is 0 Å². The van der Waals surface area contributed by atoms with Crippen molar-refractivity contribution in [2.24, 2.45) is 5.41 Å². The van der Waals surface area contributed by atoms with Crippen LogP contribution in [-0.4, -0.2) is 43.3 Å². The van der Waals surface area contributed by atoms with E-state index in [4.69, 9.17) is 0 Å². The second-order valence-electron chi connectivity index (χ2n) is 5.91. The number of allylic oxidation sites excluding steroid dienone is 1. The average Bonchev–Trinajstić information content (AvgIpc) is 2.46. The third-order valence-corrected chi connectivity index (χ3v) is 6.06. The maximum absolute atomic E-state index is 13.0. The first-order valence-electron chi connectivity index (χ1n) is 6.96. The van der Waals surface area contributed by atoms with Crippen LogP contribution >= 0.6 is 0 Å². The Morgan fingerprint density at radius 1 is 1.33 bits per heavy atom. The fraction of sp³-hybridized carbons (Fsp3) is 0.571. The minimum atomic E-state index is -5.94. The van der Waals surface area contributed by atoms with Crippen molar-refractivity contribution in [2.75, 3.05) is 7.11 Å². The van der Waals surface area contributed by atoms with Gasteiger partial charge < -0.3 is 4.74 Å². The molecular weight excluding hydrogens is 351 g/mol. The van der Waals surface area contributed by atoms with Crippen LogP contribution in [0.25, 0.3) is 0 Å². The zero-order valence-electron chi connectivity index (χ0n) is 13.2. The Hall–Kier alpha value is -1.84. The molecule has 0 spiro atoms. The third kappa shape index (κ3) is 2.52. The summed E-state index contributed by atoms with van der Waals surface area (Å²) in [5.41, 5.74) is -5.95. The molecule has 10 heteroatoms. The van der Waals surface area contributed by atoms with Crippen molar-refractivity contribution in [3.63, 3.8) is 0 Å². The van der Waals surface area contributed by atoms with Crippen LogP contribution in [0, 0.1) is 5.41 Å². The van der Waals surface area contributed by atoms with Gasteiger partial charge in [-0.1, -0.05) is 17.2 Å². The standard InChI is InChI=1S/C14H16F3NO5S/c1-8-6-10-13(7-9(8)2,12(20)23-3)5-4-11(19)18(10)24(21,22)14(15,16)17/h4-5,10H,6-7H2,1-3H3/t10-,13-/m0/s1. The molecule has 1 amide bonds. The lowest BCUT2D eigenvalue weighted by molar-refractivity contribution is -0.155. The molecule has 6 nitrogen and oxygen atoms in total. The lowest BCUT2D eigenvalue weighted by Crippen LogP contribution is -2.61. The van der Waals surface area contributed by atoms with Crippen LogP contribution in [-0.2, 0) is 24.3 Å². The van der Waals surface area contributed by atoms with Crippen molar-refractivity contribution in [3.05, 3.63) is 23.3 Å². The molecule has 134 valence electrons. The highest BCUT2D eigenvalue weighted by Crippen LogP contribution is 2.48. The molecule has 0 saturated carbocycles. The molecule has 1 heterocycles. The Kier molecular flexibility index (Phi) is 4.32. The molecular formula is C14H16F3NO5S. The third-order valence-electron chi connectivity index (χ3n) is 4.52. The fourth-order valence-corrected chi connectivity index (χ4v) is 4.25. The van der Waals surface area contributed by atoms with Gasteiger partial charge in [-0.3, -0.25) is 9.59 Å². The van der Waals surface area contributed by atoms with E-state index in [2.05, 4.69) is 4.74 Å². The first kappa shape index (κ1) is 18.5. The number of carbonyl (C=O) groups is 2. The Bertz CT molecular complexity index is 753. The van der Waals surface area contributed by atoms with Crippen molar-refractivity contribution >= 4 is 21.9 Å². The van der Waals surface area contributed by atoms with E-state index in [0.29, 0.717) is 11.6 Å². The van der Waals surface area contributed by atoms with Crippen molar-refractivity contribution < 1.29 is 35.9 Å². The Morgan fingerprint density at radius 2 is 1.92 bits per heavy atom.